The Labute approximate surface area is 99.4 Å². The molecule has 0 heterocycles. The molecular weight excluding hydrogens is 218 g/mol. The Morgan fingerprint density at radius 3 is 2.29 bits per heavy atom. The van der Waals surface area contributed by atoms with E-state index in [0.717, 1.165) is 18.4 Å². The Kier molecular flexibility index (Phi) is 3.13. The molecule has 0 spiro atoms. The van der Waals surface area contributed by atoms with Crippen molar-refractivity contribution < 1.29 is 14.7 Å². The molecule has 4 heteroatoms. The molecule has 1 unspecified atom stereocenters. The predicted octanol–water partition coefficient (Wildman–Crippen LogP) is 1.75. The molecule has 3 N–H and O–H groups in total. The summed E-state index contributed by atoms with van der Waals surface area (Å²) in [6.07, 6.45) is 2.34. The first kappa shape index (κ1) is 11.6. The standard InChI is InChI=1S/C13H15NO3/c14-13(17)10-5-3-9(4-6-10)11(7-12(15)16)8-1-2-8/h3-6,8,11H,1-2,7H2,(H2,14,17)(H,15,16). The van der Waals surface area contributed by atoms with Crippen molar-refractivity contribution in [2.45, 2.75) is 25.2 Å². The normalized spacial score (nSPS) is 16.5. The average Bonchev–Trinajstić information content (AvgIpc) is 3.09. The van der Waals surface area contributed by atoms with E-state index in [-0.39, 0.29) is 12.3 Å². The van der Waals surface area contributed by atoms with Crippen molar-refractivity contribution in [1.29, 1.82) is 0 Å². The predicted molar refractivity (Wildman–Crippen MR) is 62.7 cm³/mol. The molecule has 0 aliphatic heterocycles. The minimum atomic E-state index is -0.777. The molecule has 0 saturated heterocycles. The van der Waals surface area contributed by atoms with E-state index in [1.165, 1.54) is 0 Å². The summed E-state index contributed by atoms with van der Waals surface area (Å²) in [6, 6.07) is 6.95. The zero-order valence-corrected chi connectivity index (χ0v) is 9.43. The molecule has 1 aromatic rings. The van der Waals surface area contributed by atoms with Gasteiger partial charge < -0.3 is 10.8 Å². The van der Waals surface area contributed by atoms with Gasteiger partial charge in [-0.25, -0.2) is 0 Å². The SMILES string of the molecule is NC(=O)c1ccc(C(CC(=O)O)C2CC2)cc1. The van der Waals surface area contributed by atoms with Crippen LogP contribution in [0.25, 0.3) is 0 Å². The highest BCUT2D eigenvalue weighted by Crippen LogP contribution is 2.44. The quantitative estimate of drug-likeness (QED) is 0.813. The Bertz CT molecular complexity index is 434. The van der Waals surface area contributed by atoms with Crippen molar-refractivity contribution >= 4 is 11.9 Å². The lowest BCUT2D eigenvalue weighted by Gasteiger charge is -2.14. The topological polar surface area (TPSA) is 80.4 Å². The zero-order chi connectivity index (χ0) is 12.4. The number of nitrogens with two attached hydrogens (primary N) is 1. The van der Waals surface area contributed by atoms with Crippen LogP contribution in [0.3, 0.4) is 0 Å². The fourth-order valence-electron chi connectivity index (χ4n) is 2.14. The molecule has 1 saturated carbocycles. The number of benzene rings is 1. The fraction of sp³-hybridized carbons (Fsp3) is 0.385. The average molecular weight is 233 g/mol. The number of rotatable bonds is 5. The molecule has 1 amide bonds. The Balaban J connectivity index is 2.18. The van der Waals surface area contributed by atoms with Crippen molar-refractivity contribution in [2.75, 3.05) is 0 Å². The fourth-order valence-corrected chi connectivity index (χ4v) is 2.14. The Hall–Kier alpha value is -1.84. The molecule has 17 heavy (non-hydrogen) atoms. The van der Waals surface area contributed by atoms with Crippen molar-refractivity contribution in [3.8, 4) is 0 Å². The van der Waals surface area contributed by atoms with Gasteiger partial charge in [0.2, 0.25) is 5.91 Å². The van der Waals surface area contributed by atoms with Gasteiger partial charge in [0, 0.05) is 5.56 Å². The van der Waals surface area contributed by atoms with Gasteiger partial charge in [0.15, 0.2) is 0 Å². The maximum atomic E-state index is 10.9. The third kappa shape index (κ3) is 2.84. The highest BCUT2D eigenvalue weighted by Gasteiger charge is 2.33. The van der Waals surface area contributed by atoms with Crippen molar-refractivity contribution in [1.82, 2.24) is 0 Å². The number of carboxylic acids is 1. The van der Waals surface area contributed by atoms with Crippen LogP contribution in [0.4, 0.5) is 0 Å². The van der Waals surface area contributed by atoms with Gasteiger partial charge in [-0.05, 0) is 42.4 Å². The van der Waals surface area contributed by atoms with Gasteiger partial charge >= 0.3 is 5.97 Å². The van der Waals surface area contributed by atoms with Gasteiger partial charge in [-0.1, -0.05) is 12.1 Å². The van der Waals surface area contributed by atoms with Crippen LogP contribution in [-0.2, 0) is 4.79 Å². The highest BCUT2D eigenvalue weighted by atomic mass is 16.4. The Morgan fingerprint density at radius 1 is 1.29 bits per heavy atom. The lowest BCUT2D eigenvalue weighted by molar-refractivity contribution is -0.137. The van der Waals surface area contributed by atoms with E-state index < -0.39 is 11.9 Å². The van der Waals surface area contributed by atoms with Crippen LogP contribution >= 0.6 is 0 Å². The molecule has 4 nitrogen and oxygen atoms in total. The van der Waals surface area contributed by atoms with Crippen LogP contribution in [0.5, 0.6) is 0 Å². The first-order valence-corrected chi connectivity index (χ1v) is 5.69. The van der Waals surface area contributed by atoms with E-state index in [0.29, 0.717) is 11.5 Å². The van der Waals surface area contributed by atoms with E-state index in [9.17, 15) is 9.59 Å². The lowest BCUT2D eigenvalue weighted by Crippen LogP contribution is -2.12. The summed E-state index contributed by atoms with van der Waals surface area (Å²) >= 11 is 0. The zero-order valence-electron chi connectivity index (χ0n) is 9.43. The second-order valence-electron chi connectivity index (χ2n) is 4.53. The second kappa shape index (κ2) is 4.57. The second-order valence-corrected chi connectivity index (χ2v) is 4.53. The van der Waals surface area contributed by atoms with Crippen LogP contribution in [0.1, 0.15) is 41.1 Å². The smallest absolute Gasteiger partial charge is 0.303 e. The molecule has 1 fully saturated rings. The van der Waals surface area contributed by atoms with Crippen molar-refractivity contribution in [2.24, 2.45) is 11.7 Å². The molecule has 1 aliphatic rings. The van der Waals surface area contributed by atoms with E-state index in [4.69, 9.17) is 10.8 Å². The summed E-state index contributed by atoms with van der Waals surface area (Å²) in [5, 5.41) is 8.89. The number of primary amides is 1. The summed E-state index contributed by atoms with van der Waals surface area (Å²) in [5.41, 5.74) is 6.60. The largest absolute Gasteiger partial charge is 0.481 e. The summed E-state index contributed by atoms with van der Waals surface area (Å²) in [6.45, 7) is 0. The number of amides is 1. The molecule has 0 bridgehead atoms. The third-order valence-electron chi connectivity index (χ3n) is 3.21. The Morgan fingerprint density at radius 2 is 1.88 bits per heavy atom. The molecule has 1 atom stereocenters. The molecule has 1 aromatic carbocycles. The summed E-state index contributed by atoms with van der Waals surface area (Å²) in [5.74, 6) is -0.696. The van der Waals surface area contributed by atoms with Gasteiger partial charge in [0.05, 0.1) is 6.42 Å². The lowest BCUT2D eigenvalue weighted by atomic mass is 9.90. The number of hydrogen-bond donors (Lipinski definition) is 2. The van der Waals surface area contributed by atoms with Crippen LogP contribution in [-0.4, -0.2) is 17.0 Å². The maximum Gasteiger partial charge on any atom is 0.303 e. The summed E-state index contributed by atoms with van der Waals surface area (Å²) in [7, 11) is 0. The summed E-state index contributed by atoms with van der Waals surface area (Å²) < 4.78 is 0. The monoisotopic (exact) mass is 233 g/mol. The van der Waals surface area contributed by atoms with Crippen LogP contribution in [0.2, 0.25) is 0 Å². The van der Waals surface area contributed by atoms with E-state index in [1.807, 2.05) is 12.1 Å². The molecule has 2 rings (SSSR count). The van der Waals surface area contributed by atoms with Gasteiger partial charge in [-0.15, -0.1) is 0 Å². The minimum absolute atomic E-state index is 0.0643. The van der Waals surface area contributed by atoms with Gasteiger partial charge in [0.1, 0.15) is 0 Å². The number of aliphatic carboxylic acids is 1. The van der Waals surface area contributed by atoms with Crippen LogP contribution in [0.15, 0.2) is 24.3 Å². The van der Waals surface area contributed by atoms with Gasteiger partial charge in [0.25, 0.3) is 0 Å². The molecule has 0 aromatic heterocycles. The van der Waals surface area contributed by atoms with E-state index in [1.54, 1.807) is 12.1 Å². The first-order chi connectivity index (χ1) is 8.08. The number of carboxylic acid groups (broad SMARTS) is 1. The van der Waals surface area contributed by atoms with Crippen LogP contribution < -0.4 is 5.73 Å². The molecule has 0 radical (unpaired) electrons. The highest BCUT2D eigenvalue weighted by molar-refractivity contribution is 5.92. The van der Waals surface area contributed by atoms with Gasteiger partial charge in [-0.2, -0.15) is 0 Å². The van der Waals surface area contributed by atoms with E-state index >= 15 is 0 Å². The van der Waals surface area contributed by atoms with Crippen molar-refractivity contribution in [3.63, 3.8) is 0 Å². The number of hydrogen-bond acceptors (Lipinski definition) is 2. The third-order valence-corrected chi connectivity index (χ3v) is 3.21. The molecular formula is C13H15NO3. The number of carbonyl (C=O) groups is 2. The number of carbonyl (C=O) groups excluding carboxylic acids is 1. The van der Waals surface area contributed by atoms with E-state index in [2.05, 4.69) is 0 Å². The van der Waals surface area contributed by atoms with Gasteiger partial charge in [-0.3, -0.25) is 9.59 Å². The van der Waals surface area contributed by atoms with Crippen LogP contribution in [0, 0.1) is 5.92 Å². The first-order valence-electron chi connectivity index (χ1n) is 5.69. The summed E-state index contributed by atoms with van der Waals surface area (Å²) in [4.78, 5) is 21.8. The van der Waals surface area contributed by atoms with Crippen molar-refractivity contribution in [3.05, 3.63) is 35.4 Å². The molecule has 1 aliphatic carbocycles. The maximum absolute atomic E-state index is 10.9. The minimum Gasteiger partial charge on any atom is -0.481 e. The molecule has 90 valence electrons.